The van der Waals surface area contributed by atoms with E-state index in [1.54, 1.807) is 82.1 Å². The van der Waals surface area contributed by atoms with Crippen molar-refractivity contribution in [2.45, 2.75) is 65.7 Å². The maximum absolute atomic E-state index is 13.3. The van der Waals surface area contributed by atoms with Gasteiger partial charge in [0, 0.05) is 63.8 Å². The van der Waals surface area contributed by atoms with Gasteiger partial charge in [-0.05, 0) is 208 Å². The molecule has 11 N–H and O–H groups in total. The Kier molecular flexibility index (Phi) is 26.8. The predicted molar refractivity (Wildman–Crippen MR) is 420 cm³/mol. The molecule has 1 aliphatic heterocycles. The number of morpholine rings is 1. The van der Waals surface area contributed by atoms with Crippen molar-refractivity contribution >= 4 is 17.9 Å². The number of pyridine rings is 1. The number of rotatable bonds is 20. The summed E-state index contributed by atoms with van der Waals surface area (Å²) in [5.41, 5.74) is 23.4. The van der Waals surface area contributed by atoms with Crippen molar-refractivity contribution < 1.29 is 36.5 Å². The highest BCUT2D eigenvalue weighted by atomic mass is 19.1. The quantitative estimate of drug-likeness (QED) is 0.0253. The molecule has 0 amide bonds. The summed E-state index contributed by atoms with van der Waals surface area (Å²) in [7, 11) is 4.82. The number of nitrogens with zero attached hydrogens (tertiary/aromatic N) is 6. The summed E-state index contributed by atoms with van der Waals surface area (Å²) >= 11 is 0. The number of hydrogen-bond donors (Lipinski definition) is 9. The monoisotopic (exact) mass is 1490 g/mol. The lowest BCUT2D eigenvalue weighted by atomic mass is 10.0. The molecule has 13 aromatic rings. The molecule has 6 aromatic heterocycles. The van der Waals surface area contributed by atoms with E-state index in [1.165, 1.54) is 69.4 Å². The number of aryl methyl sites for hydroxylation is 5. The number of ether oxygens (including phenoxy) is 4. The van der Waals surface area contributed by atoms with E-state index in [1.807, 2.05) is 103 Å². The van der Waals surface area contributed by atoms with Gasteiger partial charge in [-0.15, -0.1) is 0 Å². The number of aromatic amines is 4. The van der Waals surface area contributed by atoms with Gasteiger partial charge in [0.2, 0.25) is 17.9 Å². The Hall–Kier alpha value is -13.4. The van der Waals surface area contributed by atoms with Gasteiger partial charge in [0.1, 0.15) is 34.7 Å². The van der Waals surface area contributed by atoms with Crippen LogP contribution in [0.5, 0.6) is 17.2 Å². The molecule has 0 spiro atoms. The minimum absolute atomic E-state index is 0. The van der Waals surface area contributed by atoms with Gasteiger partial charge in [0.25, 0.3) is 22.2 Å². The summed E-state index contributed by atoms with van der Waals surface area (Å²) in [5, 5.41) is 35.8. The smallest absolute Gasteiger partial charge is 0.277 e. The highest BCUT2D eigenvalue weighted by Gasteiger charge is 2.25. The van der Waals surface area contributed by atoms with Crippen molar-refractivity contribution in [2.75, 3.05) is 47.6 Å². The van der Waals surface area contributed by atoms with Gasteiger partial charge < -0.3 is 39.7 Å². The van der Waals surface area contributed by atoms with Gasteiger partial charge in [-0.1, -0.05) is 79.7 Å². The lowest BCUT2D eigenvalue weighted by molar-refractivity contribution is 0.0659. The van der Waals surface area contributed by atoms with Crippen LogP contribution in [0.4, 0.5) is 13.2 Å². The Morgan fingerprint density at radius 2 is 0.845 bits per heavy atom. The summed E-state index contributed by atoms with van der Waals surface area (Å²) in [4.78, 5) is 57.7. The van der Waals surface area contributed by atoms with Crippen LogP contribution in [0.2, 0.25) is 0 Å². The van der Waals surface area contributed by atoms with E-state index in [9.17, 15) is 32.3 Å². The molecule has 14 rings (SSSR count). The number of methoxy groups -OCH3 is 3. The molecule has 1 aliphatic rings. The van der Waals surface area contributed by atoms with E-state index in [0.717, 1.165) is 72.1 Å². The first kappa shape index (κ1) is 79.1. The number of aromatic nitrogens is 9. The van der Waals surface area contributed by atoms with Gasteiger partial charge in [-0.2, -0.15) is 14.0 Å². The second-order valence-electron chi connectivity index (χ2n) is 25.4. The van der Waals surface area contributed by atoms with Crippen molar-refractivity contribution in [3.63, 3.8) is 0 Å². The summed E-state index contributed by atoms with van der Waals surface area (Å²) < 4.78 is 70.2. The van der Waals surface area contributed by atoms with Crippen LogP contribution in [0.25, 0.3) is 50.8 Å². The molecule has 7 heterocycles. The van der Waals surface area contributed by atoms with Crippen molar-refractivity contribution in [3.8, 4) is 68.1 Å². The molecule has 1 fully saturated rings. The number of benzene rings is 7. The van der Waals surface area contributed by atoms with Gasteiger partial charge >= 0.3 is 0 Å². The average molecular weight is 1490 g/mol. The van der Waals surface area contributed by atoms with Crippen LogP contribution in [-0.2, 0) is 56.1 Å². The lowest BCUT2D eigenvalue weighted by Gasteiger charge is -2.28. The second kappa shape index (κ2) is 37.2. The molecule has 7 aromatic carbocycles. The number of nitrogens with one attached hydrogen (secondary N) is 7. The largest absolute Gasteiger partial charge is 0.497 e. The van der Waals surface area contributed by atoms with Gasteiger partial charge in [0.05, 0.1) is 69.8 Å². The number of H-pyrrole nitrogens is 4. The van der Waals surface area contributed by atoms with Crippen LogP contribution in [0.15, 0.2) is 236 Å². The first-order chi connectivity index (χ1) is 52.8. The fourth-order valence-corrected chi connectivity index (χ4v) is 12.4. The number of nitrogen functional groups attached to an aromatic ring is 2. The number of hydrogen-bond acceptors (Lipinski definition) is 13. The zero-order valence-electron chi connectivity index (χ0n) is 60.3. The minimum atomic E-state index is -0.382. The fourth-order valence-electron chi connectivity index (χ4n) is 12.4. The summed E-state index contributed by atoms with van der Waals surface area (Å²) in [6, 6.07) is 56.5. The molecule has 24 nitrogen and oxygen atoms in total. The Bertz CT molecular complexity index is 5470. The normalized spacial score (nSPS) is 11.6. The topological polar surface area (TPSA) is 341 Å². The van der Waals surface area contributed by atoms with Crippen LogP contribution in [0, 0.1) is 40.6 Å². The van der Waals surface area contributed by atoms with Crippen LogP contribution < -0.4 is 47.9 Å². The Balaban J connectivity index is 0.000000156. The van der Waals surface area contributed by atoms with Crippen LogP contribution in [0.3, 0.4) is 0 Å². The minimum Gasteiger partial charge on any atom is -0.497 e. The van der Waals surface area contributed by atoms with Crippen molar-refractivity contribution in [3.05, 3.63) is 322 Å². The molecule has 27 heteroatoms. The third kappa shape index (κ3) is 19.6. The molecule has 0 unspecified atom stereocenters. The molecule has 0 radical (unpaired) electrons. The molecular weight excluding hydrogens is 1410 g/mol. The van der Waals surface area contributed by atoms with Crippen molar-refractivity contribution in [2.24, 2.45) is 11.5 Å². The van der Waals surface area contributed by atoms with Crippen LogP contribution in [-0.4, -0.2) is 115 Å². The molecule has 0 atom stereocenters. The predicted octanol–water partition coefficient (Wildman–Crippen LogP) is 12.5. The summed E-state index contributed by atoms with van der Waals surface area (Å²) in [6.45, 7) is 4.23. The van der Waals surface area contributed by atoms with Crippen LogP contribution >= 0.6 is 0 Å². The molecule has 0 aliphatic carbocycles. The van der Waals surface area contributed by atoms with E-state index >= 15 is 0 Å². The zero-order valence-corrected chi connectivity index (χ0v) is 60.3. The highest BCUT2D eigenvalue weighted by Crippen LogP contribution is 2.29. The van der Waals surface area contributed by atoms with Crippen molar-refractivity contribution in [1.29, 1.82) is 16.2 Å². The van der Waals surface area contributed by atoms with E-state index in [-0.39, 0.29) is 65.0 Å². The Morgan fingerprint density at radius 3 is 1.23 bits per heavy atom. The van der Waals surface area contributed by atoms with E-state index < -0.39 is 0 Å². The summed E-state index contributed by atoms with van der Waals surface area (Å²) in [5.74, 6) is 1.28. The first-order valence-electron chi connectivity index (χ1n) is 34.9. The highest BCUT2D eigenvalue weighted by molar-refractivity contribution is 5.81. The molecule has 1 saturated heterocycles. The Morgan fingerprint density at radius 1 is 0.455 bits per heavy atom. The standard InChI is InChI=1S/C23H25FN4O3.C23H20FN3O2.C20H22N4O2.C16H15FN4O2.CH4/c1-30-19-9-5-17(6-10-19)21-20(11-4-16-2-7-18(24)8-3-16)22(29)28(26-21)23(25)27-12-14-31-15-13-27;1-29-19-12-8-17(9-13-19)22-20(14-7-16-5-10-18(24)11-6-16)23(28)27(26-22)21-4-2-3-15-25-21;1-13-4-3-5-14(12-13)6-11-17-18(23-24(19(17)25)20(21)22)15-7-9-16(26-2)10-8-15;17-12-4-1-10(2-5-12)3-6-13-14(11-7-8-23-9-11)20-21(15(13)22)16(18)19;/h2-3,5-10,25-26H,4,11-15H2,1H3;2-6,8-13,15,26H,7,14H2,1H3;3-5,7-10,12,23H,6,11H2,1-2H3,(H3,21,22);1-2,4-5,7-9,20H,3,6H2,(H3,18,19);1H4. The van der Waals surface area contributed by atoms with Crippen LogP contribution in [0.1, 0.15) is 57.5 Å². The van der Waals surface area contributed by atoms with E-state index in [0.29, 0.717) is 122 Å². The van der Waals surface area contributed by atoms with Gasteiger partial charge in [0.15, 0.2) is 5.82 Å². The first-order valence-corrected chi connectivity index (χ1v) is 34.9. The third-order valence-electron chi connectivity index (χ3n) is 18.3. The molecule has 110 heavy (non-hydrogen) atoms. The molecule has 0 bridgehead atoms. The molecule has 0 saturated carbocycles. The lowest BCUT2D eigenvalue weighted by Crippen LogP contribution is -2.46. The SMILES string of the molecule is C.COc1ccc(-c2[nH]n(-c3ccccn3)c(=O)c2CCc2ccc(F)cc2)cc1.COc1ccc(-c2[nH]n(C(=N)N)c(=O)c2CCc2cccc(C)c2)cc1.COc1ccc(-c2[nH]n(C(=N)N3CCOCC3)c(=O)c2CCc2ccc(F)cc2)cc1.N=C(N)n1[nH]c(-c2ccoc2)c(CCc2ccc(F)cc2)c1=O. The number of nitrogens with two attached hydrogens (primary N) is 2. The maximum atomic E-state index is 13.3. The van der Waals surface area contributed by atoms with Gasteiger partial charge in [-0.3, -0.25) is 55.8 Å². The fraction of sp³-hybridized carbons (Fsp3) is 0.205. The molecule has 568 valence electrons. The second-order valence-corrected chi connectivity index (χ2v) is 25.4. The Labute approximate surface area is 631 Å². The van der Waals surface area contributed by atoms with E-state index in [2.05, 4.69) is 37.5 Å². The van der Waals surface area contributed by atoms with Gasteiger partial charge in [-0.25, -0.2) is 22.8 Å². The third-order valence-corrected chi connectivity index (χ3v) is 18.3. The molecular formula is C83H86F3N15O9. The number of furan rings is 1. The van der Waals surface area contributed by atoms with E-state index in [4.69, 9.17) is 51.1 Å². The van der Waals surface area contributed by atoms with Crippen molar-refractivity contribution in [1.82, 2.24) is 49.0 Å². The number of halogens is 3. The average Bonchev–Trinajstić information content (AvgIpc) is 1.66. The summed E-state index contributed by atoms with van der Waals surface area (Å²) in [6.07, 6.45) is 9.13. The zero-order chi connectivity index (χ0) is 77.1. The maximum Gasteiger partial charge on any atom is 0.277 e.